The van der Waals surface area contributed by atoms with Crippen LogP contribution in [0, 0.1) is 0 Å². The predicted octanol–water partition coefficient (Wildman–Crippen LogP) is 1.68. The molecule has 2 rings (SSSR count). The maximum atomic E-state index is 11.5. The van der Waals surface area contributed by atoms with Crippen LogP contribution in [-0.2, 0) is 11.2 Å². The quantitative estimate of drug-likeness (QED) is 0.808. The number of rotatable bonds is 6. The van der Waals surface area contributed by atoms with Gasteiger partial charge >= 0.3 is 5.97 Å². The fourth-order valence-electron chi connectivity index (χ4n) is 1.82. The van der Waals surface area contributed by atoms with Gasteiger partial charge in [0.15, 0.2) is 0 Å². The van der Waals surface area contributed by atoms with E-state index in [9.17, 15) is 4.79 Å². The Morgan fingerprint density at radius 1 is 1.40 bits per heavy atom. The van der Waals surface area contributed by atoms with E-state index < -0.39 is 5.97 Å². The van der Waals surface area contributed by atoms with Gasteiger partial charge in [-0.1, -0.05) is 18.2 Å². The fraction of sp³-hybridized carbons (Fsp3) is 0.357. The predicted molar refractivity (Wildman–Crippen MR) is 73.3 cm³/mol. The zero-order valence-corrected chi connectivity index (χ0v) is 11.5. The van der Waals surface area contributed by atoms with Crippen molar-refractivity contribution >= 4 is 5.97 Å². The molecule has 0 amide bonds. The van der Waals surface area contributed by atoms with Gasteiger partial charge in [-0.3, -0.25) is 0 Å². The Bertz CT molecular complexity index is 581. The lowest BCUT2D eigenvalue weighted by molar-refractivity contribution is 0.0508. The molecule has 0 atom stereocenters. The molecule has 0 bridgehead atoms. The first-order valence-corrected chi connectivity index (χ1v) is 6.50. The van der Waals surface area contributed by atoms with Gasteiger partial charge in [-0.05, 0) is 43.7 Å². The third-order valence-corrected chi connectivity index (χ3v) is 2.78. The van der Waals surface area contributed by atoms with Gasteiger partial charge in [-0.15, -0.1) is 0 Å². The van der Waals surface area contributed by atoms with Crippen molar-refractivity contribution in [3.63, 3.8) is 0 Å². The molecule has 0 fully saturated rings. The van der Waals surface area contributed by atoms with Gasteiger partial charge in [-0.25, -0.2) is 4.79 Å². The van der Waals surface area contributed by atoms with Gasteiger partial charge in [0.1, 0.15) is 0 Å². The summed E-state index contributed by atoms with van der Waals surface area (Å²) in [7, 11) is 1.90. The SMILES string of the molecule is CCOC(=O)c1noc(-c2ccccc2CCNC)n1. The highest BCUT2D eigenvalue weighted by atomic mass is 16.5. The molecule has 0 radical (unpaired) electrons. The Morgan fingerprint density at radius 3 is 2.95 bits per heavy atom. The van der Waals surface area contributed by atoms with Crippen molar-refractivity contribution in [1.82, 2.24) is 15.5 Å². The first-order chi connectivity index (χ1) is 9.76. The topological polar surface area (TPSA) is 77.2 Å². The summed E-state index contributed by atoms with van der Waals surface area (Å²) in [6.07, 6.45) is 0.837. The minimum absolute atomic E-state index is 0.0507. The monoisotopic (exact) mass is 275 g/mol. The minimum Gasteiger partial charge on any atom is -0.460 e. The average molecular weight is 275 g/mol. The second kappa shape index (κ2) is 6.81. The van der Waals surface area contributed by atoms with E-state index in [4.69, 9.17) is 9.26 Å². The Kier molecular flexibility index (Phi) is 4.84. The number of nitrogens with zero attached hydrogens (tertiary/aromatic N) is 2. The lowest BCUT2D eigenvalue weighted by Crippen LogP contribution is -2.11. The van der Waals surface area contributed by atoms with Crippen LogP contribution in [0.1, 0.15) is 23.1 Å². The molecule has 6 heteroatoms. The van der Waals surface area contributed by atoms with E-state index >= 15 is 0 Å². The molecule has 0 saturated heterocycles. The molecule has 6 nitrogen and oxygen atoms in total. The molecule has 106 valence electrons. The summed E-state index contributed by atoms with van der Waals surface area (Å²) in [6.45, 7) is 2.85. The van der Waals surface area contributed by atoms with Crippen LogP contribution in [-0.4, -0.2) is 36.3 Å². The number of hydrogen-bond donors (Lipinski definition) is 1. The fourth-order valence-corrected chi connectivity index (χ4v) is 1.82. The zero-order valence-electron chi connectivity index (χ0n) is 11.5. The number of carbonyl (C=O) groups excluding carboxylic acids is 1. The van der Waals surface area contributed by atoms with Gasteiger partial charge in [-0.2, -0.15) is 4.98 Å². The van der Waals surface area contributed by atoms with Crippen LogP contribution in [0.15, 0.2) is 28.8 Å². The van der Waals surface area contributed by atoms with Crippen molar-refractivity contribution in [1.29, 1.82) is 0 Å². The van der Waals surface area contributed by atoms with Crippen molar-refractivity contribution in [3.05, 3.63) is 35.7 Å². The summed E-state index contributed by atoms with van der Waals surface area (Å²) in [5, 5.41) is 6.75. The van der Waals surface area contributed by atoms with Gasteiger partial charge in [0, 0.05) is 5.56 Å². The molecule has 0 unspecified atom stereocenters. The molecule has 0 aliphatic heterocycles. The highest BCUT2D eigenvalue weighted by molar-refractivity contribution is 5.85. The second-order valence-corrected chi connectivity index (χ2v) is 4.15. The smallest absolute Gasteiger partial charge is 0.379 e. The largest absolute Gasteiger partial charge is 0.460 e. The van der Waals surface area contributed by atoms with Gasteiger partial charge in [0.25, 0.3) is 11.7 Å². The normalized spacial score (nSPS) is 10.5. The number of carbonyl (C=O) groups is 1. The molecule has 1 heterocycles. The van der Waals surface area contributed by atoms with Gasteiger partial charge < -0.3 is 14.6 Å². The van der Waals surface area contributed by atoms with E-state index in [1.54, 1.807) is 6.92 Å². The lowest BCUT2D eigenvalue weighted by Gasteiger charge is -2.05. The molecule has 0 aliphatic carbocycles. The van der Waals surface area contributed by atoms with E-state index in [0.717, 1.165) is 24.1 Å². The summed E-state index contributed by atoms with van der Waals surface area (Å²) in [5.41, 5.74) is 1.92. The van der Waals surface area contributed by atoms with Crippen molar-refractivity contribution in [2.75, 3.05) is 20.2 Å². The van der Waals surface area contributed by atoms with Crippen LogP contribution in [0.2, 0.25) is 0 Å². The van der Waals surface area contributed by atoms with Crippen molar-refractivity contribution < 1.29 is 14.1 Å². The van der Waals surface area contributed by atoms with Crippen molar-refractivity contribution in [2.24, 2.45) is 0 Å². The summed E-state index contributed by atoms with van der Waals surface area (Å²) in [5.74, 6) is -0.291. The van der Waals surface area contributed by atoms with Crippen LogP contribution in [0.25, 0.3) is 11.5 Å². The van der Waals surface area contributed by atoms with Crippen LogP contribution in [0.3, 0.4) is 0 Å². The molecule has 2 aromatic rings. The molecule has 1 aromatic heterocycles. The van der Waals surface area contributed by atoms with Crippen LogP contribution in [0.5, 0.6) is 0 Å². The molecular formula is C14H17N3O3. The second-order valence-electron chi connectivity index (χ2n) is 4.15. The van der Waals surface area contributed by atoms with E-state index in [1.165, 1.54) is 0 Å². The van der Waals surface area contributed by atoms with E-state index in [0.29, 0.717) is 5.89 Å². The maximum Gasteiger partial charge on any atom is 0.379 e. The standard InChI is InChI=1S/C14H17N3O3/c1-3-19-14(18)12-16-13(20-17-12)11-7-5-4-6-10(11)8-9-15-2/h4-7,15H,3,8-9H2,1-2H3. The number of aromatic nitrogens is 2. The lowest BCUT2D eigenvalue weighted by atomic mass is 10.0. The number of ether oxygens (including phenoxy) is 1. The Labute approximate surface area is 117 Å². The third-order valence-electron chi connectivity index (χ3n) is 2.78. The van der Waals surface area contributed by atoms with E-state index in [-0.39, 0.29) is 12.4 Å². The zero-order chi connectivity index (χ0) is 14.4. The first-order valence-electron chi connectivity index (χ1n) is 6.50. The Balaban J connectivity index is 2.25. The molecule has 1 N–H and O–H groups in total. The number of likely N-dealkylation sites (N-methyl/N-ethyl adjacent to an activating group) is 1. The first kappa shape index (κ1) is 14.2. The third kappa shape index (κ3) is 3.21. The van der Waals surface area contributed by atoms with Crippen molar-refractivity contribution in [2.45, 2.75) is 13.3 Å². The van der Waals surface area contributed by atoms with Crippen LogP contribution >= 0.6 is 0 Å². The van der Waals surface area contributed by atoms with Crippen LogP contribution in [0.4, 0.5) is 0 Å². The number of nitrogens with one attached hydrogen (secondary N) is 1. The highest BCUT2D eigenvalue weighted by Gasteiger charge is 2.18. The average Bonchev–Trinajstić information content (AvgIpc) is 2.95. The molecular weight excluding hydrogens is 258 g/mol. The summed E-state index contributed by atoms with van der Waals surface area (Å²) in [6, 6.07) is 7.75. The van der Waals surface area contributed by atoms with Crippen LogP contribution < -0.4 is 5.32 Å². The number of hydrogen-bond acceptors (Lipinski definition) is 6. The van der Waals surface area contributed by atoms with E-state index in [2.05, 4.69) is 15.5 Å². The molecule has 0 saturated carbocycles. The molecule has 0 spiro atoms. The summed E-state index contributed by atoms with van der Waals surface area (Å²) < 4.78 is 9.99. The highest BCUT2D eigenvalue weighted by Crippen LogP contribution is 2.22. The maximum absolute atomic E-state index is 11.5. The van der Waals surface area contributed by atoms with E-state index in [1.807, 2.05) is 31.3 Å². The minimum atomic E-state index is -0.574. The Hall–Kier alpha value is -2.21. The van der Waals surface area contributed by atoms with Gasteiger partial charge in [0.2, 0.25) is 0 Å². The molecule has 1 aromatic carbocycles. The Morgan fingerprint density at radius 2 is 2.20 bits per heavy atom. The van der Waals surface area contributed by atoms with Gasteiger partial charge in [0.05, 0.1) is 6.61 Å². The molecule has 20 heavy (non-hydrogen) atoms. The summed E-state index contributed by atoms with van der Waals surface area (Å²) >= 11 is 0. The summed E-state index contributed by atoms with van der Waals surface area (Å²) in [4.78, 5) is 15.6. The number of esters is 1. The number of benzene rings is 1. The van der Waals surface area contributed by atoms with Crippen molar-refractivity contribution in [3.8, 4) is 11.5 Å². The molecule has 0 aliphatic rings.